The Morgan fingerprint density at radius 2 is 1.52 bits per heavy atom. The number of nitrogens with one attached hydrogen (secondary N) is 1. The van der Waals surface area contributed by atoms with Crippen molar-refractivity contribution in [3.05, 3.63) is 58.3 Å². The molecule has 2 heterocycles. The number of halogens is 6. The first-order valence-electron chi connectivity index (χ1n) is 13.3. The number of nitrogens with zero attached hydrogens (tertiary/aromatic N) is 6. The zero-order chi connectivity index (χ0) is 28.8. The topological polar surface area (TPSA) is 71.8 Å². The van der Waals surface area contributed by atoms with Crippen molar-refractivity contribution in [3.63, 3.8) is 0 Å². The van der Waals surface area contributed by atoms with Gasteiger partial charge in [0.2, 0.25) is 0 Å². The van der Waals surface area contributed by atoms with Crippen LogP contribution in [-0.2, 0) is 32.5 Å². The molecule has 0 aliphatic heterocycles. The Morgan fingerprint density at radius 3 is 2.00 bits per heavy atom. The molecular weight excluding hydrogens is 536 g/mol. The Hall–Kier alpha value is -3.38. The number of aryl methyl sites for hydroxylation is 1. The van der Waals surface area contributed by atoms with Crippen LogP contribution in [0, 0.1) is 11.8 Å². The molecular formula is C27H31F6N7. The first-order valence-corrected chi connectivity index (χ1v) is 13.3. The molecule has 0 atom stereocenters. The molecule has 0 spiro atoms. The Morgan fingerprint density at radius 1 is 0.925 bits per heavy atom. The summed E-state index contributed by atoms with van der Waals surface area (Å²) < 4.78 is 81.2. The number of aromatic nitrogens is 5. The van der Waals surface area contributed by atoms with E-state index >= 15 is 0 Å². The molecule has 7 nitrogen and oxygen atoms in total. The van der Waals surface area contributed by atoms with Gasteiger partial charge < -0.3 is 10.2 Å². The van der Waals surface area contributed by atoms with E-state index in [9.17, 15) is 26.3 Å². The van der Waals surface area contributed by atoms with Gasteiger partial charge in [0.25, 0.3) is 5.95 Å². The van der Waals surface area contributed by atoms with Crippen LogP contribution in [0.2, 0.25) is 0 Å². The minimum atomic E-state index is -4.94. The van der Waals surface area contributed by atoms with E-state index in [1.165, 1.54) is 16.7 Å². The van der Waals surface area contributed by atoms with E-state index < -0.39 is 23.5 Å². The minimum Gasteiger partial charge on any atom is -0.366 e. The largest absolute Gasteiger partial charge is 0.416 e. The number of hydrogen-bond acceptors (Lipinski definition) is 6. The van der Waals surface area contributed by atoms with E-state index in [0.717, 1.165) is 49.1 Å². The number of anilines is 2. The fourth-order valence-corrected chi connectivity index (χ4v) is 4.90. The predicted molar refractivity (Wildman–Crippen MR) is 136 cm³/mol. The second-order valence-corrected chi connectivity index (χ2v) is 11.1. The van der Waals surface area contributed by atoms with Crippen molar-refractivity contribution >= 4 is 11.8 Å². The highest BCUT2D eigenvalue weighted by molar-refractivity contribution is 5.49. The lowest BCUT2D eigenvalue weighted by Crippen LogP contribution is -2.28. The molecule has 216 valence electrons. The summed E-state index contributed by atoms with van der Waals surface area (Å²) in [5.41, 5.74) is -1.29. The van der Waals surface area contributed by atoms with Gasteiger partial charge in [-0.2, -0.15) is 31.1 Å². The van der Waals surface area contributed by atoms with E-state index in [4.69, 9.17) is 4.98 Å². The van der Waals surface area contributed by atoms with Crippen LogP contribution in [0.25, 0.3) is 0 Å². The van der Waals surface area contributed by atoms with E-state index in [0.29, 0.717) is 17.7 Å². The molecule has 3 aromatic rings. The van der Waals surface area contributed by atoms with Crippen LogP contribution in [0.3, 0.4) is 0 Å². The van der Waals surface area contributed by atoms with Crippen LogP contribution < -0.4 is 10.2 Å². The van der Waals surface area contributed by atoms with E-state index in [-0.39, 0.29) is 42.6 Å². The zero-order valence-corrected chi connectivity index (χ0v) is 22.4. The summed E-state index contributed by atoms with van der Waals surface area (Å²) in [5, 5.41) is 15.7. The van der Waals surface area contributed by atoms with Gasteiger partial charge in [-0.1, -0.05) is 25.0 Å². The van der Waals surface area contributed by atoms with E-state index in [1.54, 1.807) is 0 Å². The van der Waals surface area contributed by atoms with Gasteiger partial charge >= 0.3 is 12.4 Å². The smallest absolute Gasteiger partial charge is 0.366 e. The fourth-order valence-electron chi connectivity index (χ4n) is 4.90. The second kappa shape index (κ2) is 10.5. The van der Waals surface area contributed by atoms with Gasteiger partial charge in [0, 0.05) is 30.4 Å². The molecule has 0 amide bonds. The number of hydrogen-bond donors (Lipinski definition) is 1. The van der Waals surface area contributed by atoms with Crippen molar-refractivity contribution in [3.8, 4) is 0 Å². The first-order chi connectivity index (χ1) is 18.8. The van der Waals surface area contributed by atoms with Crippen molar-refractivity contribution in [2.24, 2.45) is 18.9 Å². The minimum absolute atomic E-state index is 0.0771. The van der Waals surface area contributed by atoms with Crippen molar-refractivity contribution in [2.75, 3.05) is 10.2 Å². The lowest BCUT2D eigenvalue weighted by molar-refractivity contribution is -0.143. The Kier molecular flexibility index (Phi) is 7.43. The van der Waals surface area contributed by atoms with Crippen molar-refractivity contribution in [1.29, 1.82) is 0 Å². The third-order valence-electron chi connectivity index (χ3n) is 7.32. The molecule has 0 radical (unpaired) electrons. The van der Waals surface area contributed by atoms with Gasteiger partial charge in [0.1, 0.15) is 5.82 Å². The van der Waals surface area contributed by atoms with E-state index in [2.05, 4.69) is 20.7 Å². The number of alkyl halides is 6. The van der Waals surface area contributed by atoms with Crippen molar-refractivity contribution in [2.45, 2.75) is 76.9 Å². The van der Waals surface area contributed by atoms with Crippen molar-refractivity contribution < 1.29 is 26.3 Å². The molecule has 2 aliphatic rings. The quantitative estimate of drug-likeness (QED) is 0.280. The third-order valence-corrected chi connectivity index (χ3v) is 7.32. The summed E-state index contributed by atoms with van der Waals surface area (Å²) in [5.74, 6) is 2.07. The number of benzene rings is 1. The molecule has 1 N–H and O–H groups in total. The highest BCUT2D eigenvalue weighted by Crippen LogP contribution is 2.46. The van der Waals surface area contributed by atoms with Gasteiger partial charge in [-0.3, -0.25) is 0 Å². The summed E-state index contributed by atoms with van der Waals surface area (Å²) in [6.45, 7) is 3.86. The molecule has 2 aromatic heterocycles. The lowest BCUT2D eigenvalue weighted by atomic mass is 10.0. The monoisotopic (exact) mass is 567 g/mol. The van der Waals surface area contributed by atoms with Gasteiger partial charge in [0.05, 0.1) is 18.2 Å². The number of rotatable bonds is 10. The second-order valence-electron chi connectivity index (χ2n) is 11.1. The van der Waals surface area contributed by atoms with Crippen LogP contribution in [0.15, 0.2) is 30.3 Å². The van der Waals surface area contributed by atoms with E-state index in [1.807, 2.05) is 26.0 Å². The van der Waals surface area contributed by atoms with Crippen LogP contribution in [0.1, 0.15) is 73.4 Å². The molecule has 40 heavy (non-hydrogen) atoms. The van der Waals surface area contributed by atoms with Crippen LogP contribution in [-0.4, -0.2) is 31.2 Å². The van der Waals surface area contributed by atoms with Gasteiger partial charge in [-0.15, -0.1) is 5.10 Å². The van der Waals surface area contributed by atoms with Crippen LogP contribution >= 0.6 is 0 Å². The molecule has 1 aromatic carbocycles. The Labute approximate surface area is 228 Å². The maximum Gasteiger partial charge on any atom is 0.416 e. The Balaban J connectivity index is 1.51. The maximum absolute atomic E-state index is 13.5. The van der Waals surface area contributed by atoms with Crippen molar-refractivity contribution in [1.82, 2.24) is 25.2 Å². The fraction of sp³-hybridized carbons (Fsp3) is 0.556. The summed E-state index contributed by atoms with van der Waals surface area (Å²) in [6.07, 6.45) is -5.28. The summed E-state index contributed by atoms with van der Waals surface area (Å²) in [4.78, 5) is 7.59. The Bertz CT molecular complexity index is 1300. The predicted octanol–water partition coefficient (Wildman–Crippen LogP) is 6.57. The maximum atomic E-state index is 13.5. The summed E-state index contributed by atoms with van der Waals surface area (Å²) in [6, 6.07) is 5.67. The summed E-state index contributed by atoms with van der Waals surface area (Å²) >= 11 is 0. The molecule has 5 rings (SSSR count). The average Bonchev–Trinajstić information content (AvgIpc) is 3.80. The molecule has 2 saturated carbocycles. The standard InChI is InChI=1S/C27H31F6N7/c1-15(2)22-9-8-19(24(34-22)35-23(17-4-5-17)18-6-7-18)14-40(25-36-38-39(3)37-25)13-16-10-20(26(28,29)30)12-21(11-16)27(31,32)33/h8-12,15,17-18,23H,4-7,13-14H2,1-3H3,(H,34,35). The molecule has 13 heteroatoms. The lowest BCUT2D eigenvalue weighted by Gasteiger charge is -2.26. The van der Waals surface area contributed by atoms with Gasteiger partial charge in [-0.25, -0.2) is 4.98 Å². The third kappa shape index (κ3) is 6.67. The summed E-state index contributed by atoms with van der Waals surface area (Å²) in [7, 11) is 1.53. The van der Waals surface area contributed by atoms with Crippen LogP contribution in [0.5, 0.6) is 0 Å². The number of tetrazole rings is 1. The normalized spacial score (nSPS) is 16.2. The zero-order valence-electron chi connectivity index (χ0n) is 22.4. The molecule has 0 unspecified atom stereocenters. The van der Waals surface area contributed by atoms with Gasteiger partial charge in [-0.05, 0) is 78.5 Å². The number of pyridine rings is 1. The molecule has 0 saturated heterocycles. The average molecular weight is 568 g/mol. The highest BCUT2D eigenvalue weighted by Gasteiger charge is 2.42. The highest BCUT2D eigenvalue weighted by atomic mass is 19.4. The van der Waals surface area contributed by atoms with Crippen LogP contribution in [0.4, 0.5) is 38.1 Å². The first kappa shape index (κ1) is 28.2. The SMILES string of the molecule is CC(C)c1ccc(CN(Cc2cc(C(F)(F)F)cc(C(F)(F)F)c2)c2nnn(C)n2)c(NC(C2CC2)C2CC2)n1. The molecule has 0 bridgehead atoms. The molecule has 2 aliphatic carbocycles. The van der Waals surface area contributed by atoms with Gasteiger partial charge in [0.15, 0.2) is 0 Å². The molecule has 2 fully saturated rings.